The minimum absolute atomic E-state index is 0.202. The fraction of sp³-hybridized carbons (Fsp3) is 0. The van der Waals surface area contributed by atoms with Crippen molar-refractivity contribution in [3.8, 4) is 0 Å². The van der Waals surface area contributed by atoms with Crippen LogP contribution in [0, 0.1) is 0 Å². The number of hydrogen-bond donors (Lipinski definition) is 1. The lowest BCUT2D eigenvalue weighted by Crippen LogP contribution is -2.09. The topological polar surface area (TPSA) is 61.2 Å². The molecule has 0 saturated heterocycles. The van der Waals surface area contributed by atoms with E-state index >= 15 is 0 Å². The largest absolute Gasteiger partial charge is 0.451 e. The number of carbonyl (C=O) groups is 1. The summed E-state index contributed by atoms with van der Waals surface area (Å²) in [4.78, 5) is 12.6. The van der Waals surface area contributed by atoms with Crippen molar-refractivity contribution < 1.29 is 9.21 Å². The lowest BCUT2D eigenvalue weighted by Gasteiger charge is -2.02. The molecule has 21 heavy (non-hydrogen) atoms. The standard InChI is InChI=1S/C17H12N2O2/c18-13-5-3-6-14-12(13)8-9-19(14)17(20)16-10-11-4-1-2-7-15(11)21-16/h1-10H,18H2. The Kier molecular flexibility index (Phi) is 2.38. The number of nitrogen functional groups attached to an aromatic ring is 1. The summed E-state index contributed by atoms with van der Waals surface area (Å²) in [6.07, 6.45) is 1.72. The zero-order chi connectivity index (χ0) is 14.4. The van der Waals surface area contributed by atoms with Gasteiger partial charge in [0.2, 0.25) is 0 Å². The highest BCUT2D eigenvalue weighted by Crippen LogP contribution is 2.25. The van der Waals surface area contributed by atoms with E-state index in [9.17, 15) is 4.79 Å². The summed E-state index contributed by atoms with van der Waals surface area (Å²) in [6.45, 7) is 0. The second-order valence-electron chi connectivity index (χ2n) is 4.92. The van der Waals surface area contributed by atoms with Crippen LogP contribution in [0.25, 0.3) is 21.9 Å². The van der Waals surface area contributed by atoms with E-state index in [1.807, 2.05) is 48.5 Å². The highest BCUT2D eigenvalue weighted by atomic mass is 16.3. The molecule has 0 unspecified atom stereocenters. The number of furan rings is 1. The number of nitrogens with two attached hydrogens (primary N) is 1. The number of para-hydroxylation sites is 1. The molecule has 0 atom stereocenters. The second-order valence-corrected chi connectivity index (χ2v) is 4.92. The Hall–Kier alpha value is -3.01. The van der Waals surface area contributed by atoms with Gasteiger partial charge in [0.15, 0.2) is 5.76 Å². The molecule has 0 radical (unpaired) electrons. The summed E-state index contributed by atoms with van der Waals surface area (Å²) in [7, 11) is 0. The van der Waals surface area contributed by atoms with E-state index in [4.69, 9.17) is 10.2 Å². The molecule has 2 N–H and O–H groups in total. The lowest BCUT2D eigenvalue weighted by atomic mass is 10.2. The number of benzene rings is 2. The van der Waals surface area contributed by atoms with Gasteiger partial charge in [-0.25, -0.2) is 0 Å². The highest BCUT2D eigenvalue weighted by Gasteiger charge is 2.16. The molecule has 0 bridgehead atoms. The van der Waals surface area contributed by atoms with Crippen LogP contribution in [0.2, 0.25) is 0 Å². The van der Waals surface area contributed by atoms with Crippen LogP contribution in [0.1, 0.15) is 10.6 Å². The normalized spacial score (nSPS) is 11.2. The van der Waals surface area contributed by atoms with Crippen molar-refractivity contribution in [2.45, 2.75) is 0 Å². The number of fused-ring (bicyclic) bond motifs is 2. The molecule has 4 heteroatoms. The maximum absolute atomic E-state index is 12.6. The van der Waals surface area contributed by atoms with E-state index in [1.54, 1.807) is 16.8 Å². The summed E-state index contributed by atoms with van der Waals surface area (Å²) in [5.74, 6) is 0.114. The number of anilines is 1. The van der Waals surface area contributed by atoms with E-state index in [1.165, 1.54) is 0 Å². The predicted molar refractivity (Wildman–Crippen MR) is 82.3 cm³/mol. The SMILES string of the molecule is Nc1cccc2c1ccn2C(=O)c1cc2ccccc2o1. The van der Waals surface area contributed by atoms with E-state index in [0.29, 0.717) is 17.0 Å². The summed E-state index contributed by atoms with van der Waals surface area (Å²) >= 11 is 0. The smallest absolute Gasteiger partial charge is 0.298 e. The fourth-order valence-electron chi connectivity index (χ4n) is 2.57. The summed E-state index contributed by atoms with van der Waals surface area (Å²) in [5.41, 5.74) is 8.06. The Labute approximate surface area is 120 Å². The molecule has 2 heterocycles. The molecule has 4 aromatic rings. The minimum Gasteiger partial charge on any atom is -0.451 e. The van der Waals surface area contributed by atoms with Gasteiger partial charge in [0.05, 0.1) is 5.52 Å². The number of carbonyl (C=O) groups excluding carboxylic acids is 1. The lowest BCUT2D eigenvalue weighted by molar-refractivity contribution is 0.0940. The molecule has 0 fully saturated rings. The molecule has 2 aromatic heterocycles. The van der Waals surface area contributed by atoms with Crippen molar-refractivity contribution >= 4 is 33.5 Å². The fourth-order valence-corrected chi connectivity index (χ4v) is 2.57. The zero-order valence-corrected chi connectivity index (χ0v) is 11.1. The second kappa shape index (κ2) is 4.24. The van der Waals surface area contributed by atoms with Crippen molar-refractivity contribution in [3.63, 3.8) is 0 Å². The highest BCUT2D eigenvalue weighted by molar-refractivity contribution is 6.04. The van der Waals surface area contributed by atoms with Crippen molar-refractivity contribution in [1.29, 1.82) is 0 Å². The van der Waals surface area contributed by atoms with Crippen molar-refractivity contribution in [2.75, 3.05) is 5.73 Å². The van der Waals surface area contributed by atoms with Gasteiger partial charge in [0, 0.05) is 22.7 Å². The Morgan fingerprint density at radius 3 is 2.76 bits per heavy atom. The van der Waals surface area contributed by atoms with E-state index in [-0.39, 0.29) is 5.91 Å². The first-order valence-corrected chi connectivity index (χ1v) is 6.63. The van der Waals surface area contributed by atoms with Crippen LogP contribution in [0.4, 0.5) is 5.69 Å². The predicted octanol–water partition coefficient (Wildman–Crippen LogP) is 3.66. The van der Waals surface area contributed by atoms with Gasteiger partial charge >= 0.3 is 0 Å². The van der Waals surface area contributed by atoms with Crippen molar-refractivity contribution in [3.05, 3.63) is 66.6 Å². The van der Waals surface area contributed by atoms with Gasteiger partial charge in [-0.2, -0.15) is 0 Å². The molecule has 4 nitrogen and oxygen atoms in total. The quantitative estimate of drug-likeness (QED) is 0.540. The van der Waals surface area contributed by atoms with Gasteiger partial charge in [0.25, 0.3) is 5.91 Å². The Morgan fingerprint density at radius 1 is 1.05 bits per heavy atom. The average molecular weight is 276 g/mol. The number of nitrogens with zero attached hydrogens (tertiary/aromatic N) is 1. The van der Waals surface area contributed by atoms with Gasteiger partial charge in [-0.15, -0.1) is 0 Å². The van der Waals surface area contributed by atoms with Gasteiger partial charge in [-0.3, -0.25) is 9.36 Å². The number of hydrogen-bond acceptors (Lipinski definition) is 3. The monoisotopic (exact) mass is 276 g/mol. The van der Waals surface area contributed by atoms with Gasteiger partial charge in [-0.1, -0.05) is 24.3 Å². The minimum atomic E-state index is -0.202. The third kappa shape index (κ3) is 1.73. The van der Waals surface area contributed by atoms with Crippen LogP contribution >= 0.6 is 0 Å². The average Bonchev–Trinajstić information content (AvgIpc) is 3.11. The van der Waals surface area contributed by atoms with Crippen molar-refractivity contribution in [1.82, 2.24) is 4.57 Å². The summed E-state index contributed by atoms with van der Waals surface area (Å²) in [5, 5.41) is 1.78. The molecule has 0 aliphatic rings. The van der Waals surface area contributed by atoms with Gasteiger partial charge in [0.1, 0.15) is 5.58 Å². The first-order chi connectivity index (χ1) is 10.2. The van der Waals surface area contributed by atoms with Gasteiger partial charge in [-0.05, 0) is 30.3 Å². The molecule has 0 aliphatic heterocycles. The molecule has 102 valence electrons. The molecule has 0 saturated carbocycles. The first-order valence-electron chi connectivity index (χ1n) is 6.63. The van der Waals surface area contributed by atoms with Crippen LogP contribution in [0.5, 0.6) is 0 Å². The molecule has 0 spiro atoms. The molecular formula is C17H12N2O2. The third-order valence-corrected chi connectivity index (χ3v) is 3.62. The Morgan fingerprint density at radius 2 is 1.90 bits per heavy atom. The number of rotatable bonds is 1. The van der Waals surface area contributed by atoms with Crippen LogP contribution in [0.3, 0.4) is 0 Å². The first kappa shape index (κ1) is 11.8. The maximum Gasteiger partial charge on any atom is 0.298 e. The van der Waals surface area contributed by atoms with E-state index in [0.717, 1.165) is 16.3 Å². The molecule has 0 amide bonds. The summed E-state index contributed by atoms with van der Waals surface area (Å²) in [6, 6.07) is 16.7. The van der Waals surface area contributed by atoms with Crippen LogP contribution in [-0.2, 0) is 0 Å². The number of aromatic nitrogens is 1. The maximum atomic E-state index is 12.6. The van der Waals surface area contributed by atoms with E-state index < -0.39 is 0 Å². The Bertz CT molecular complexity index is 946. The van der Waals surface area contributed by atoms with Gasteiger partial charge < -0.3 is 10.2 Å². The summed E-state index contributed by atoms with van der Waals surface area (Å²) < 4.78 is 7.19. The van der Waals surface area contributed by atoms with Crippen LogP contribution in [0.15, 0.2) is 65.2 Å². The van der Waals surface area contributed by atoms with Crippen molar-refractivity contribution in [2.24, 2.45) is 0 Å². The van der Waals surface area contributed by atoms with Crippen LogP contribution < -0.4 is 5.73 Å². The van der Waals surface area contributed by atoms with E-state index in [2.05, 4.69) is 0 Å². The zero-order valence-electron chi connectivity index (χ0n) is 11.1. The molecule has 4 rings (SSSR count). The molecular weight excluding hydrogens is 264 g/mol. The Balaban J connectivity index is 1.88. The molecule has 2 aromatic carbocycles. The third-order valence-electron chi connectivity index (χ3n) is 3.62. The molecule has 0 aliphatic carbocycles. The van der Waals surface area contributed by atoms with Crippen LogP contribution in [-0.4, -0.2) is 10.5 Å².